The van der Waals surface area contributed by atoms with E-state index in [4.69, 9.17) is 0 Å². The van der Waals surface area contributed by atoms with Gasteiger partial charge in [-0.1, -0.05) is 0 Å². The molecule has 2 N–H and O–H groups in total. The van der Waals surface area contributed by atoms with Crippen molar-refractivity contribution in [2.45, 2.75) is 19.4 Å². The second-order valence-corrected chi connectivity index (χ2v) is 7.36. The van der Waals surface area contributed by atoms with Crippen molar-refractivity contribution < 1.29 is 5.11 Å². The van der Waals surface area contributed by atoms with Crippen molar-refractivity contribution in [1.29, 1.82) is 5.26 Å². The molecule has 1 saturated heterocycles. The van der Waals surface area contributed by atoms with Crippen LogP contribution >= 0.6 is 0 Å². The molecule has 29 heavy (non-hydrogen) atoms. The van der Waals surface area contributed by atoms with E-state index in [0.717, 1.165) is 24.2 Å². The van der Waals surface area contributed by atoms with Crippen molar-refractivity contribution in [3.8, 4) is 22.9 Å². The Morgan fingerprint density at radius 2 is 2.14 bits per heavy atom. The summed E-state index contributed by atoms with van der Waals surface area (Å²) in [6, 6.07) is 7.26. The monoisotopic (exact) mass is 386 g/mol. The van der Waals surface area contributed by atoms with Gasteiger partial charge in [0.25, 0.3) is 5.56 Å². The van der Waals surface area contributed by atoms with E-state index in [0.29, 0.717) is 28.8 Å². The van der Waals surface area contributed by atoms with E-state index in [1.165, 1.54) is 0 Å². The Hall–Kier alpha value is -3.70. The molecule has 1 aromatic carbocycles. The van der Waals surface area contributed by atoms with Gasteiger partial charge in [-0.15, -0.1) is 0 Å². The van der Waals surface area contributed by atoms with Gasteiger partial charge in [-0.25, -0.2) is 9.97 Å². The van der Waals surface area contributed by atoms with Crippen LogP contribution in [0.5, 0.6) is 5.75 Å². The fraction of sp³-hybridized carbons (Fsp3) is 0.238. The van der Waals surface area contributed by atoms with Gasteiger partial charge in [-0.05, 0) is 49.2 Å². The number of nitrogens with zero attached hydrogens (tertiary/aromatic N) is 5. The Kier molecular flexibility index (Phi) is 3.86. The molecule has 1 aliphatic heterocycles. The Labute approximate surface area is 165 Å². The number of aryl methyl sites for hydroxylation is 1. The minimum Gasteiger partial charge on any atom is -0.507 e. The van der Waals surface area contributed by atoms with Crippen molar-refractivity contribution in [2.24, 2.45) is 0 Å². The van der Waals surface area contributed by atoms with Gasteiger partial charge in [0.1, 0.15) is 17.2 Å². The molecule has 3 aromatic heterocycles. The van der Waals surface area contributed by atoms with Crippen LogP contribution in [0.15, 0.2) is 41.7 Å². The van der Waals surface area contributed by atoms with Gasteiger partial charge >= 0.3 is 0 Å². The number of phenols is 1. The van der Waals surface area contributed by atoms with Gasteiger partial charge in [-0.3, -0.25) is 9.36 Å². The summed E-state index contributed by atoms with van der Waals surface area (Å²) in [5, 5.41) is 23.6. The van der Waals surface area contributed by atoms with Crippen molar-refractivity contribution in [3.05, 3.63) is 58.5 Å². The van der Waals surface area contributed by atoms with E-state index in [1.54, 1.807) is 33.5 Å². The predicted molar refractivity (Wildman–Crippen MR) is 108 cm³/mol. The summed E-state index contributed by atoms with van der Waals surface area (Å²) in [6.07, 6.45) is 6.09. The second-order valence-electron chi connectivity index (χ2n) is 7.36. The number of benzene rings is 1. The van der Waals surface area contributed by atoms with E-state index in [2.05, 4.69) is 21.4 Å². The first-order chi connectivity index (χ1) is 14.0. The maximum Gasteiger partial charge on any atom is 0.265 e. The number of phenolic OH excluding ortho intramolecular Hbond substituents is 1. The number of imidazole rings is 1. The Bertz CT molecular complexity index is 1370. The van der Waals surface area contributed by atoms with Crippen LogP contribution in [0.2, 0.25) is 0 Å². The fourth-order valence-electron chi connectivity index (χ4n) is 4.00. The molecule has 144 valence electrons. The van der Waals surface area contributed by atoms with Crippen LogP contribution in [0, 0.1) is 18.3 Å². The molecule has 0 amide bonds. The van der Waals surface area contributed by atoms with Gasteiger partial charge in [0.2, 0.25) is 0 Å². The zero-order chi connectivity index (χ0) is 20.1. The topological polar surface area (TPSA) is 108 Å². The summed E-state index contributed by atoms with van der Waals surface area (Å²) in [7, 11) is 0. The molecule has 1 fully saturated rings. The third kappa shape index (κ3) is 2.75. The number of hydrogen-bond donors (Lipinski definition) is 2. The number of hydrogen-bond acceptors (Lipinski definition) is 6. The van der Waals surface area contributed by atoms with Crippen LogP contribution in [0.4, 0.5) is 0 Å². The molecule has 1 atom stereocenters. The Balaban J connectivity index is 1.69. The lowest BCUT2D eigenvalue weighted by Crippen LogP contribution is -2.26. The quantitative estimate of drug-likeness (QED) is 0.546. The summed E-state index contributed by atoms with van der Waals surface area (Å²) >= 11 is 0. The number of aromatic nitrogens is 4. The molecule has 5 rings (SSSR count). The molecule has 4 heterocycles. The van der Waals surface area contributed by atoms with Gasteiger partial charge in [0.05, 0.1) is 29.1 Å². The molecule has 0 radical (unpaired) electrons. The second kappa shape index (κ2) is 6.43. The van der Waals surface area contributed by atoms with Crippen LogP contribution in [-0.2, 0) is 0 Å². The molecule has 0 saturated carbocycles. The summed E-state index contributed by atoms with van der Waals surface area (Å²) in [6.45, 7) is 3.44. The van der Waals surface area contributed by atoms with Gasteiger partial charge in [0.15, 0.2) is 5.65 Å². The summed E-state index contributed by atoms with van der Waals surface area (Å²) in [5.41, 5.74) is 3.42. The number of fused-ring (bicyclic) bond motifs is 2. The molecule has 8 nitrogen and oxygen atoms in total. The van der Waals surface area contributed by atoms with Crippen LogP contribution in [-0.4, -0.2) is 37.1 Å². The highest BCUT2D eigenvalue weighted by Gasteiger charge is 2.20. The van der Waals surface area contributed by atoms with Crippen molar-refractivity contribution in [2.75, 3.05) is 13.1 Å². The van der Waals surface area contributed by atoms with Crippen LogP contribution < -0.4 is 10.9 Å². The van der Waals surface area contributed by atoms with Crippen molar-refractivity contribution >= 4 is 16.6 Å². The summed E-state index contributed by atoms with van der Waals surface area (Å²) in [4.78, 5) is 21.8. The minimum atomic E-state index is -0.244. The average Bonchev–Trinajstić information content (AvgIpc) is 3.35. The first-order valence-corrected chi connectivity index (χ1v) is 9.39. The average molecular weight is 386 g/mol. The molecule has 1 aliphatic rings. The zero-order valence-electron chi connectivity index (χ0n) is 15.8. The number of aromatic hydroxyl groups is 1. The van der Waals surface area contributed by atoms with Crippen LogP contribution in [0.25, 0.3) is 27.7 Å². The smallest absolute Gasteiger partial charge is 0.265 e. The minimum absolute atomic E-state index is 0.0450. The molecule has 8 heteroatoms. The molecular weight excluding hydrogens is 368 g/mol. The standard InChI is InChI=1S/C21H18N6O2/c1-12-9-26-10-15(4-14(7-22)20(26)25-12)13-5-17-19(18(28)6-13)21(29)27(11-24-17)16-2-3-23-8-16/h4-6,9-11,16,23,28H,2-3,8H2,1H3. The normalized spacial score (nSPS) is 16.5. The number of rotatable bonds is 2. The molecule has 1 unspecified atom stereocenters. The van der Waals surface area contributed by atoms with Crippen molar-refractivity contribution in [1.82, 2.24) is 24.3 Å². The lowest BCUT2D eigenvalue weighted by molar-refractivity contribution is 0.478. The SMILES string of the molecule is Cc1cn2cc(-c3cc(O)c4c(=O)n(C5CCNC5)cnc4c3)cc(C#N)c2n1. The van der Waals surface area contributed by atoms with E-state index in [1.807, 2.05) is 19.3 Å². The van der Waals surface area contributed by atoms with Crippen molar-refractivity contribution in [3.63, 3.8) is 0 Å². The van der Waals surface area contributed by atoms with Gasteiger partial charge in [0, 0.05) is 18.9 Å². The lowest BCUT2D eigenvalue weighted by atomic mass is 10.0. The largest absolute Gasteiger partial charge is 0.507 e. The van der Waals surface area contributed by atoms with Crippen LogP contribution in [0.1, 0.15) is 23.7 Å². The number of nitrogens with one attached hydrogen (secondary N) is 1. The maximum absolute atomic E-state index is 12.9. The highest BCUT2D eigenvalue weighted by molar-refractivity contribution is 5.89. The fourth-order valence-corrected chi connectivity index (χ4v) is 4.00. The van der Waals surface area contributed by atoms with Gasteiger partial charge < -0.3 is 14.8 Å². The molecule has 0 spiro atoms. The van der Waals surface area contributed by atoms with E-state index in [-0.39, 0.29) is 22.7 Å². The predicted octanol–water partition coefficient (Wildman–Crippen LogP) is 2.13. The molecule has 0 aliphatic carbocycles. The zero-order valence-corrected chi connectivity index (χ0v) is 15.8. The summed E-state index contributed by atoms with van der Waals surface area (Å²) < 4.78 is 3.39. The highest BCUT2D eigenvalue weighted by atomic mass is 16.3. The number of pyridine rings is 1. The maximum atomic E-state index is 12.9. The first kappa shape index (κ1) is 17.4. The third-order valence-electron chi connectivity index (χ3n) is 5.42. The number of nitriles is 1. The highest BCUT2D eigenvalue weighted by Crippen LogP contribution is 2.30. The first-order valence-electron chi connectivity index (χ1n) is 9.39. The summed E-state index contributed by atoms with van der Waals surface area (Å²) in [5.74, 6) is -0.115. The molecular formula is C21H18N6O2. The third-order valence-corrected chi connectivity index (χ3v) is 5.42. The van der Waals surface area contributed by atoms with E-state index < -0.39 is 0 Å². The lowest BCUT2D eigenvalue weighted by Gasteiger charge is -2.14. The molecule has 0 bridgehead atoms. The van der Waals surface area contributed by atoms with Gasteiger partial charge in [-0.2, -0.15) is 5.26 Å². The Morgan fingerprint density at radius 3 is 2.90 bits per heavy atom. The molecule has 4 aromatic rings. The van der Waals surface area contributed by atoms with Crippen LogP contribution in [0.3, 0.4) is 0 Å². The van der Waals surface area contributed by atoms with E-state index in [9.17, 15) is 15.2 Å². The van der Waals surface area contributed by atoms with E-state index >= 15 is 0 Å². The Morgan fingerprint density at radius 1 is 1.28 bits per heavy atom.